The van der Waals surface area contributed by atoms with Crippen LogP contribution in [0.15, 0.2) is 48.5 Å². The van der Waals surface area contributed by atoms with E-state index in [4.69, 9.17) is 4.74 Å². The van der Waals surface area contributed by atoms with Gasteiger partial charge in [-0.05, 0) is 23.8 Å². The highest BCUT2D eigenvalue weighted by Crippen LogP contribution is 2.39. The SMILES string of the molecule is CN(C)c1ccc([C@H](O)[C@@H]2OC(=O)c3ccccc32)cc1. The van der Waals surface area contributed by atoms with Gasteiger partial charge in [0.25, 0.3) is 0 Å². The highest BCUT2D eigenvalue weighted by Gasteiger charge is 2.36. The van der Waals surface area contributed by atoms with Crippen LogP contribution in [0, 0.1) is 0 Å². The monoisotopic (exact) mass is 283 g/mol. The van der Waals surface area contributed by atoms with E-state index in [2.05, 4.69) is 0 Å². The minimum absolute atomic E-state index is 0.375. The Morgan fingerprint density at radius 3 is 2.43 bits per heavy atom. The molecule has 2 atom stereocenters. The summed E-state index contributed by atoms with van der Waals surface area (Å²) in [4.78, 5) is 13.8. The summed E-state index contributed by atoms with van der Waals surface area (Å²) >= 11 is 0. The lowest BCUT2D eigenvalue weighted by atomic mass is 9.96. The average molecular weight is 283 g/mol. The molecule has 1 N–H and O–H groups in total. The van der Waals surface area contributed by atoms with Crippen LogP contribution in [0.4, 0.5) is 5.69 Å². The lowest BCUT2D eigenvalue weighted by Gasteiger charge is -2.19. The zero-order valence-corrected chi connectivity index (χ0v) is 12.0. The van der Waals surface area contributed by atoms with Gasteiger partial charge in [0.05, 0.1) is 5.56 Å². The summed E-state index contributed by atoms with van der Waals surface area (Å²) in [6.45, 7) is 0. The predicted molar refractivity (Wildman–Crippen MR) is 80.3 cm³/mol. The fourth-order valence-corrected chi connectivity index (χ4v) is 2.55. The van der Waals surface area contributed by atoms with Gasteiger partial charge in [0.1, 0.15) is 6.10 Å². The first kappa shape index (κ1) is 13.6. The molecule has 0 radical (unpaired) electrons. The molecule has 21 heavy (non-hydrogen) atoms. The van der Waals surface area contributed by atoms with Crippen molar-refractivity contribution in [2.45, 2.75) is 12.2 Å². The Kier molecular flexibility index (Phi) is 3.39. The van der Waals surface area contributed by atoms with Gasteiger partial charge in [0.15, 0.2) is 6.10 Å². The number of carbonyl (C=O) groups excluding carboxylic acids is 1. The average Bonchev–Trinajstić information content (AvgIpc) is 2.84. The zero-order valence-electron chi connectivity index (χ0n) is 12.0. The topological polar surface area (TPSA) is 49.8 Å². The number of hydrogen-bond acceptors (Lipinski definition) is 4. The molecule has 0 bridgehead atoms. The van der Waals surface area contributed by atoms with E-state index in [-0.39, 0.29) is 5.97 Å². The van der Waals surface area contributed by atoms with Crippen LogP contribution in [-0.2, 0) is 4.74 Å². The van der Waals surface area contributed by atoms with E-state index in [0.717, 1.165) is 16.8 Å². The number of fused-ring (bicyclic) bond motifs is 1. The quantitative estimate of drug-likeness (QED) is 0.880. The van der Waals surface area contributed by atoms with Crippen molar-refractivity contribution >= 4 is 11.7 Å². The summed E-state index contributed by atoms with van der Waals surface area (Å²) in [5, 5.41) is 10.5. The Labute approximate surface area is 123 Å². The van der Waals surface area contributed by atoms with Crippen molar-refractivity contribution in [3.8, 4) is 0 Å². The summed E-state index contributed by atoms with van der Waals surface area (Å²) in [5.41, 5.74) is 3.06. The van der Waals surface area contributed by atoms with Gasteiger partial charge in [-0.15, -0.1) is 0 Å². The van der Waals surface area contributed by atoms with Crippen molar-refractivity contribution in [1.82, 2.24) is 0 Å². The third kappa shape index (κ3) is 2.38. The number of cyclic esters (lactones) is 1. The standard InChI is InChI=1S/C17H17NO3/c1-18(2)12-9-7-11(8-10-12)15(19)16-13-5-3-4-6-14(13)17(20)21-16/h3-10,15-16,19H,1-2H3/t15-,16+/m0/s1. The van der Waals surface area contributed by atoms with Crippen molar-refractivity contribution in [2.75, 3.05) is 19.0 Å². The molecule has 2 aromatic rings. The van der Waals surface area contributed by atoms with Crippen LogP contribution in [0.25, 0.3) is 0 Å². The summed E-state index contributed by atoms with van der Waals surface area (Å²) in [5.74, 6) is -0.375. The van der Waals surface area contributed by atoms with Crippen LogP contribution >= 0.6 is 0 Å². The molecule has 1 aliphatic rings. The number of rotatable bonds is 3. The van der Waals surface area contributed by atoms with Gasteiger partial charge in [-0.1, -0.05) is 30.3 Å². The summed E-state index contributed by atoms with van der Waals surface area (Å²) in [6.07, 6.45) is -1.51. The molecular formula is C17H17NO3. The first-order valence-corrected chi connectivity index (χ1v) is 6.83. The second-order valence-corrected chi connectivity index (χ2v) is 5.34. The number of benzene rings is 2. The van der Waals surface area contributed by atoms with Crippen LogP contribution < -0.4 is 4.90 Å². The predicted octanol–water partition coefficient (Wildman–Crippen LogP) is 2.70. The van der Waals surface area contributed by atoms with Gasteiger partial charge in [0.2, 0.25) is 0 Å². The van der Waals surface area contributed by atoms with Crippen molar-refractivity contribution in [3.05, 3.63) is 65.2 Å². The molecule has 1 heterocycles. The van der Waals surface area contributed by atoms with Gasteiger partial charge < -0.3 is 14.7 Å². The number of aliphatic hydroxyl groups is 1. The first-order valence-electron chi connectivity index (χ1n) is 6.83. The normalized spacial score (nSPS) is 18.0. The molecule has 0 saturated heterocycles. The van der Waals surface area contributed by atoms with Crippen LogP contribution in [-0.4, -0.2) is 25.2 Å². The molecule has 1 aliphatic heterocycles. The van der Waals surface area contributed by atoms with E-state index in [1.807, 2.05) is 55.4 Å². The van der Waals surface area contributed by atoms with Crippen LogP contribution in [0.5, 0.6) is 0 Å². The van der Waals surface area contributed by atoms with Crippen LogP contribution in [0.3, 0.4) is 0 Å². The fraction of sp³-hybridized carbons (Fsp3) is 0.235. The maximum absolute atomic E-state index is 11.8. The molecular weight excluding hydrogens is 266 g/mol. The number of hydrogen-bond donors (Lipinski definition) is 1. The van der Waals surface area contributed by atoms with Crippen LogP contribution in [0.2, 0.25) is 0 Å². The van der Waals surface area contributed by atoms with E-state index in [9.17, 15) is 9.90 Å². The molecule has 0 fully saturated rings. The lowest BCUT2D eigenvalue weighted by molar-refractivity contribution is -0.0102. The van der Waals surface area contributed by atoms with Gasteiger partial charge >= 0.3 is 5.97 Å². The van der Waals surface area contributed by atoms with Crippen LogP contribution in [0.1, 0.15) is 33.7 Å². The molecule has 0 unspecified atom stereocenters. The molecule has 4 nitrogen and oxygen atoms in total. The molecule has 0 aliphatic carbocycles. The van der Waals surface area contributed by atoms with Gasteiger partial charge in [-0.25, -0.2) is 4.79 Å². The van der Waals surface area contributed by atoms with Gasteiger partial charge in [0, 0.05) is 25.3 Å². The summed E-state index contributed by atoms with van der Waals surface area (Å²) < 4.78 is 5.33. The van der Waals surface area contributed by atoms with Gasteiger partial charge in [-0.2, -0.15) is 0 Å². The summed E-state index contributed by atoms with van der Waals surface area (Å²) in [7, 11) is 3.92. The second-order valence-electron chi connectivity index (χ2n) is 5.34. The van der Waals surface area contributed by atoms with Crippen molar-refractivity contribution < 1.29 is 14.6 Å². The molecule has 4 heteroatoms. The number of ether oxygens (including phenoxy) is 1. The van der Waals surface area contributed by atoms with Crippen molar-refractivity contribution in [3.63, 3.8) is 0 Å². The third-order valence-corrected chi connectivity index (χ3v) is 3.76. The smallest absolute Gasteiger partial charge is 0.339 e. The fourth-order valence-electron chi connectivity index (χ4n) is 2.55. The number of nitrogens with zero attached hydrogens (tertiary/aromatic N) is 1. The molecule has 3 rings (SSSR count). The Balaban J connectivity index is 1.89. The van der Waals surface area contributed by atoms with Gasteiger partial charge in [-0.3, -0.25) is 0 Å². The number of esters is 1. The molecule has 0 spiro atoms. The highest BCUT2D eigenvalue weighted by molar-refractivity contribution is 5.94. The molecule has 0 aromatic heterocycles. The largest absolute Gasteiger partial charge is 0.451 e. The maximum atomic E-state index is 11.8. The van der Waals surface area contributed by atoms with Crippen molar-refractivity contribution in [2.24, 2.45) is 0 Å². The first-order chi connectivity index (χ1) is 10.1. The van der Waals surface area contributed by atoms with E-state index in [1.54, 1.807) is 12.1 Å². The Bertz CT molecular complexity index is 664. The van der Waals surface area contributed by atoms with E-state index < -0.39 is 12.2 Å². The minimum atomic E-state index is -0.867. The highest BCUT2D eigenvalue weighted by atomic mass is 16.6. The Hall–Kier alpha value is -2.33. The lowest BCUT2D eigenvalue weighted by Crippen LogP contribution is -2.12. The van der Waals surface area contributed by atoms with E-state index in [1.165, 1.54) is 0 Å². The van der Waals surface area contributed by atoms with E-state index >= 15 is 0 Å². The third-order valence-electron chi connectivity index (χ3n) is 3.76. The Morgan fingerprint density at radius 1 is 1.10 bits per heavy atom. The number of anilines is 1. The molecule has 0 amide bonds. The number of carbonyl (C=O) groups is 1. The zero-order chi connectivity index (χ0) is 15.0. The Morgan fingerprint density at radius 2 is 1.76 bits per heavy atom. The molecule has 2 aromatic carbocycles. The number of aliphatic hydroxyl groups excluding tert-OH is 1. The minimum Gasteiger partial charge on any atom is -0.451 e. The summed E-state index contributed by atoms with van der Waals surface area (Å²) in [6, 6.07) is 14.8. The second kappa shape index (κ2) is 5.22. The van der Waals surface area contributed by atoms with Crippen molar-refractivity contribution in [1.29, 1.82) is 0 Å². The molecule has 108 valence electrons. The maximum Gasteiger partial charge on any atom is 0.339 e. The molecule has 0 saturated carbocycles. The van der Waals surface area contributed by atoms with E-state index in [0.29, 0.717) is 5.56 Å².